The van der Waals surface area contributed by atoms with Crippen LogP contribution in [0.3, 0.4) is 0 Å². The summed E-state index contributed by atoms with van der Waals surface area (Å²) >= 11 is 16.6. The van der Waals surface area contributed by atoms with Crippen molar-refractivity contribution in [3.63, 3.8) is 0 Å². The number of carbonyl (C=O) groups is 1. The van der Waals surface area contributed by atoms with Crippen molar-refractivity contribution in [2.24, 2.45) is 0 Å². The Kier molecular flexibility index (Phi) is 8.43. The van der Waals surface area contributed by atoms with Crippen molar-refractivity contribution in [2.75, 3.05) is 11.1 Å². The molecular weight excluding hydrogens is 523 g/mol. The van der Waals surface area contributed by atoms with E-state index in [0.717, 1.165) is 10.2 Å². The Morgan fingerprint density at radius 1 is 1.26 bits per heavy atom. The molecule has 6 nitrogen and oxygen atoms in total. The van der Waals surface area contributed by atoms with E-state index in [0.29, 0.717) is 33.3 Å². The smallest absolute Gasteiger partial charge is 0.234 e. The molecule has 3 rings (SSSR count). The standard InChI is InChI=1S/C21H19BrCl2N4O2S/c1-3-8-28-20(13(2)30-18-6-4-14(22)5-7-18)26-27-21(28)31-12-19(29)25-17-10-15(23)9-16(24)11-17/h3-7,9-11,13H,1,8,12H2,2H3,(H,25,29). The number of benzene rings is 2. The summed E-state index contributed by atoms with van der Waals surface area (Å²) in [4.78, 5) is 12.4. The summed E-state index contributed by atoms with van der Waals surface area (Å²) in [7, 11) is 0. The van der Waals surface area contributed by atoms with Crippen molar-refractivity contribution in [2.45, 2.75) is 24.7 Å². The maximum Gasteiger partial charge on any atom is 0.234 e. The highest BCUT2D eigenvalue weighted by molar-refractivity contribution is 9.10. The Hall–Kier alpha value is -2.00. The Labute approximate surface area is 203 Å². The largest absolute Gasteiger partial charge is 0.483 e. The molecule has 31 heavy (non-hydrogen) atoms. The van der Waals surface area contributed by atoms with Gasteiger partial charge in [-0.05, 0) is 49.4 Å². The first kappa shape index (κ1) is 23.7. The lowest BCUT2D eigenvalue weighted by Gasteiger charge is -2.15. The maximum atomic E-state index is 12.4. The average Bonchev–Trinajstić information content (AvgIpc) is 3.10. The van der Waals surface area contributed by atoms with Crippen LogP contribution in [0.25, 0.3) is 0 Å². The van der Waals surface area contributed by atoms with E-state index in [1.54, 1.807) is 24.3 Å². The van der Waals surface area contributed by atoms with E-state index in [9.17, 15) is 4.79 Å². The predicted octanol–water partition coefficient (Wildman–Crippen LogP) is 6.40. The van der Waals surface area contributed by atoms with Crippen LogP contribution < -0.4 is 10.1 Å². The van der Waals surface area contributed by atoms with E-state index in [4.69, 9.17) is 27.9 Å². The molecule has 0 aliphatic carbocycles. The predicted molar refractivity (Wildman–Crippen MR) is 129 cm³/mol. The molecule has 10 heteroatoms. The van der Waals surface area contributed by atoms with Gasteiger partial charge < -0.3 is 10.1 Å². The number of hydrogen-bond acceptors (Lipinski definition) is 5. The van der Waals surface area contributed by atoms with Crippen molar-refractivity contribution < 1.29 is 9.53 Å². The number of anilines is 1. The van der Waals surface area contributed by atoms with Gasteiger partial charge in [-0.15, -0.1) is 16.8 Å². The first-order valence-corrected chi connectivity index (χ1v) is 11.7. The quantitative estimate of drug-likeness (QED) is 0.250. The van der Waals surface area contributed by atoms with Crippen molar-refractivity contribution in [1.29, 1.82) is 0 Å². The molecule has 0 saturated heterocycles. The molecule has 1 unspecified atom stereocenters. The molecule has 0 spiro atoms. The lowest BCUT2D eigenvalue weighted by atomic mass is 10.3. The first-order valence-electron chi connectivity index (χ1n) is 9.20. The lowest BCUT2D eigenvalue weighted by Crippen LogP contribution is -2.15. The van der Waals surface area contributed by atoms with Gasteiger partial charge in [0.1, 0.15) is 5.75 Å². The van der Waals surface area contributed by atoms with Gasteiger partial charge in [0.05, 0.1) is 5.75 Å². The van der Waals surface area contributed by atoms with E-state index < -0.39 is 0 Å². The fourth-order valence-electron chi connectivity index (χ4n) is 2.73. The van der Waals surface area contributed by atoms with Gasteiger partial charge in [-0.3, -0.25) is 9.36 Å². The monoisotopic (exact) mass is 540 g/mol. The molecule has 1 N–H and O–H groups in total. The minimum Gasteiger partial charge on any atom is -0.483 e. The highest BCUT2D eigenvalue weighted by atomic mass is 79.9. The normalized spacial score (nSPS) is 11.7. The summed E-state index contributed by atoms with van der Waals surface area (Å²) in [6.45, 7) is 6.19. The zero-order valence-corrected chi connectivity index (χ0v) is 20.4. The number of carbonyl (C=O) groups excluding carboxylic acids is 1. The summed E-state index contributed by atoms with van der Waals surface area (Å²) in [6.07, 6.45) is 1.41. The fourth-order valence-corrected chi connectivity index (χ4v) is 4.28. The second-order valence-electron chi connectivity index (χ2n) is 6.45. The average molecular weight is 542 g/mol. The number of hydrogen-bond donors (Lipinski definition) is 1. The molecular formula is C21H19BrCl2N4O2S. The second kappa shape index (κ2) is 11.0. The lowest BCUT2D eigenvalue weighted by molar-refractivity contribution is -0.113. The summed E-state index contributed by atoms with van der Waals surface area (Å²) in [5.74, 6) is 1.30. The molecule has 3 aromatic rings. The van der Waals surface area contributed by atoms with Gasteiger partial charge in [-0.2, -0.15) is 0 Å². The number of nitrogens with zero attached hydrogens (tertiary/aromatic N) is 3. The van der Waals surface area contributed by atoms with Crippen LogP contribution in [0.15, 0.2) is 64.7 Å². The number of thioether (sulfide) groups is 1. The minimum absolute atomic E-state index is 0.140. The number of rotatable bonds is 9. The maximum absolute atomic E-state index is 12.4. The third-order valence-corrected chi connectivity index (χ3v) is 5.96. The number of aromatic nitrogens is 3. The summed E-state index contributed by atoms with van der Waals surface area (Å²) in [5.41, 5.74) is 0.535. The van der Waals surface area contributed by atoms with Crippen LogP contribution in [0.1, 0.15) is 18.9 Å². The van der Waals surface area contributed by atoms with Gasteiger partial charge in [0.15, 0.2) is 17.1 Å². The number of ether oxygens (including phenoxy) is 1. The fraction of sp³-hybridized carbons (Fsp3) is 0.190. The molecule has 2 aromatic carbocycles. The summed E-state index contributed by atoms with van der Waals surface area (Å²) < 4.78 is 8.84. The van der Waals surface area contributed by atoms with Crippen LogP contribution in [-0.2, 0) is 11.3 Å². The summed E-state index contributed by atoms with van der Waals surface area (Å²) in [6, 6.07) is 12.4. The van der Waals surface area contributed by atoms with Crippen molar-refractivity contribution in [3.05, 3.63) is 75.5 Å². The van der Waals surface area contributed by atoms with Crippen molar-refractivity contribution >= 4 is 62.5 Å². The molecule has 0 saturated carbocycles. The molecule has 1 atom stereocenters. The molecule has 0 aliphatic heterocycles. The zero-order valence-electron chi connectivity index (χ0n) is 16.5. The molecule has 0 aliphatic rings. The molecule has 1 heterocycles. The number of allylic oxidation sites excluding steroid dienone is 1. The van der Waals surface area contributed by atoms with E-state index in [1.807, 2.05) is 35.8 Å². The highest BCUT2D eigenvalue weighted by Gasteiger charge is 2.20. The Morgan fingerprint density at radius 3 is 2.58 bits per heavy atom. The topological polar surface area (TPSA) is 69.0 Å². The van der Waals surface area contributed by atoms with Gasteiger partial charge in [-0.1, -0.05) is 57.0 Å². The van der Waals surface area contributed by atoms with Crippen LogP contribution in [0.5, 0.6) is 5.75 Å². The molecule has 0 fully saturated rings. The van der Waals surface area contributed by atoms with Gasteiger partial charge in [0.25, 0.3) is 0 Å². The number of halogens is 3. The molecule has 162 valence electrons. The SMILES string of the molecule is C=CCn1c(SCC(=O)Nc2cc(Cl)cc(Cl)c2)nnc1C(C)Oc1ccc(Br)cc1. The highest BCUT2D eigenvalue weighted by Crippen LogP contribution is 2.26. The van der Waals surface area contributed by atoms with E-state index in [-0.39, 0.29) is 17.8 Å². The number of nitrogens with one attached hydrogen (secondary N) is 1. The summed E-state index contributed by atoms with van der Waals surface area (Å²) in [5, 5.41) is 12.8. The Morgan fingerprint density at radius 2 is 1.94 bits per heavy atom. The van der Waals surface area contributed by atoms with Crippen LogP contribution in [0.4, 0.5) is 5.69 Å². The zero-order chi connectivity index (χ0) is 22.4. The minimum atomic E-state index is -0.342. The molecule has 0 radical (unpaired) electrons. The van der Waals surface area contributed by atoms with Gasteiger partial charge in [0.2, 0.25) is 5.91 Å². The third kappa shape index (κ3) is 6.74. The van der Waals surface area contributed by atoms with Gasteiger partial charge in [-0.25, -0.2) is 0 Å². The molecule has 1 aromatic heterocycles. The second-order valence-corrected chi connectivity index (χ2v) is 9.18. The van der Waals surface area contributed by atoms with E-state index in [2.05, 4.69) is 38.0 Å². The van der Waals surface area contributed by atoms with Crippen LogP contribution in [0.2, 0.25) is 10.0 Å². The Balaban J connectivity index is 1.67. The molecule has 0 bridgehead atoms. The number of amides is 1. The third-order valence-electron chi connectivity index (χ3n) is 4.03. The van der Waals surface area contributed by atoms with Crippen molar-refractivity contribution in [3.8, 4) is 5.75 Å². The van der Waals surface area contributed by atoms with E-state index >= 15 is 0 Å². The van der Waals surface area contributed by atoms with Gasteiger partial charge >= 0.3 is 0 Å². The van der Waals surface area contributed by atoms with Crippen LogP contribution in [0, 0.1) is 0 Å². The first-order chi connectivity index (χ1) is 14.9. The van der Waals surface area contributed by atoms with Gasteiger partial charge in [0, 0.05) is 26.8 Å². The van der Waals surface area contributed by atoms with Crippen molar-refractivity contribution in [1.82, 2.24) is 14.8 Å². The molecule has 1 amide bonds. The Bertz CT molecular complexity index is 1060. The van der Waals surface area contributed by atoms with Crippen LogP contribution in [-0.4, -0.2) is 26.4 Å². The van der Waals surface area contributed by atoms with Crippen LogP contribution >= 0.6 is 50.9 Å². The van der Waals surface area contributed by atoms with E-state index in [1.165, 1.54) is 11.8 Å².